The largest absolute Gasteiger partial charge is 0.356 e. The van der Waals surface area contributed by atoms with Gasteiger partial charge in [-0.1, -0.05) is 145 Å². The van der Waals surface area contributed by atoms with Crippen molar-refractivity contribution in [1.29, 1.82) is 0 Å². The van der Waals surface area contributed by atoms with Crippen molar-refractivity contribution in [2.75, 3.05) is 5.32 Å². The smallest absolute Gasteiger partial charge is 0.0390 e. The van der Waals surface area contributed by atoms with Crippen LogP contribution < -0.4 is 5.32 Å². The maximum atomic E-state index is 4.16. The predicted molar refractivity (Wildman–Crippen MR) is 168 cm³/mol. The van der Waals surface area contributed by atoms with E-state index in [2.05, 4.69) is 107 Å². The fourth-order valence-corrected chi connectivity index (χ4v) is 5.10. The molecule has 0 amide bonds. The standard InChI is InChI=1S/C23H23N.C11H22.C2H6/c1-16(2)20-12-13-22(14-20)21-6-5-7-23(15-21)24-18(4)19-10-8-17(3)9-11-19;1-3-4-8-11-9-6-5-7-10(11)2;1-2/h5-13,15,24H,1,4,14H2,2-3H3;10-11H,3-9H2,1-2H3;1-2H3. The second-order valence-corrected chi connectivity index (χ2v) is 10.6. The van der Waals surface area contributed by atoms with Gasteiger partial charge in [-0.2, -0.15) is 0 Å². The number of nitrogens with one attached hydrogen (secondary N) is 1. The fourth-order valence-electron chi connectivity index (χ4n) is 5.10. The summed E-state index contributed by atoms with van der Waals surface area (Å²) in [5, 5.41) is 3.42. The van der Waals surface area contributed by atoms with Crippen LogP contribution in [0.3, 0.4) is 0 Å². The van der Waals surface area contributed by atoms with E-state index < -0.39 is 0 Å². The Balaban J connectivity index is 0.000000311. The summed E-state index contributed by atoms with van der Waals surface area (Å²) in [5.74, 6) is 2.10. The topological polar surface area (TPSA) is 12.0 Å². The Bertz CT molecular complexity index is 1050. The van der Waals surface area contributed by atoms with Crippen LogP contribution in [0.25, 0.3) is 11.3 Å². The van der Waals surface area contributed by atoms with Crippen LogP contribution in [-0.2, 0) is 0 Å². The summed E-state index contributed by atoms with van der Waals surface area (Å²) in [6, 6.07) is 16.9. The molecule has 37 heavy (non-hydrogen) atoms. The first-order chi connectivity index (χ1) is 17.9. The van der Waals surface area contributed by atoms with E-state index in [1.165, 1.54) is 67.2 Å². The third-order valence-electron chi connectivity index (χ3n) is 7.56. The van der Waals surface area contributed by atoms with E-state index in [-0.39, 0.29) is 0 Å². The van der Waals surface area contributed by atoms with Gasteiger partial charge in [-0.25, -0.2) is 0 Å². The lowest BCUT2D eigenvalue weighted by atomic mass is 9.78. The first kappa shape index (κ1) is 30.4. The van der Waals surface area contributed by atoms with Gasteiger partial charge in [-0.05, 0) is 66.5 Å². The Morgan fingerprint density at radius 1 is 0.973 bits per heavy atom. The van der Waals surface area contributed by atoms with E-state index in [1.807, 2.05) is 13.8 Å². The summed E-state index contributed by atoms with van der Waals surface area (Å²) in [6.45, 7) is 21.1. The van der Waals surface area contributed by atoms with Crippen molar-refractivity contribution in [3.63, 3.8) is 0 Å². The molecular weight excluding hydrogens is 446 g/mol. The molecule has 0 aliphatic heterocycles. The summed E-state index contributed by atoms with van der Waals surface area (Å²) in [7, 11) is 0. The number of benzene rings is 2. The highest BCUT2D eigenvalue weighted by atomic mass is 14.9. The molecule has 2 aliphatic rings. The SMILES string of the molecule is C=C(C)C1=CC=C(c2cccc(NC(=C)c3ccc(C)cc3)c2)C1.CC.CCCCC1CCCCC1C. The minimum atomic E-state index is 0.910. The molecule has 0 aromatic heterocycles. The number of allylic oxidation sites excluding steroid dienone is 5. The van der Waals surface area contributed by atoms with Crippen LogP contribution in [0.5, 0.6) is 0 Å². The molecule has 2 aliphatic carbocycles. The third-order valence-corrected chi connectivity index (χ3v) is 7.56. The van der Waals surface area contributed by atoms with E-state index in [0.29, 0.717) is 0 Å². The molecule has 0 heterocycles. The van der Waals surface area contributed by atoms with E-state index in [4.69, 9.17) is 0 Å². The van der Waals surface area contributed by atoms with Crippen LogP contribution in [0.2, 0.25) is 0 Å². The minimum Gasteiger partial charge on any atom is -0.356 e. The number of unbranched alkanes of at least 4 members (excludes halogenated alkanes) is 1. The highest BCUT2D eigenvalue weighted by molar-refractivity contribution is 5.79. The lowest BCUT2D eigenvalue weighted by molar-refractivity contribution is 0.237. The van der Waals surface area contributed by atoms with Gasteiger partial charge in [-0.3, -0.25) is 0 Å². The van der Waals surface area contributed by atoms with Gasteiger partial charge in [0.25, 0.3) is 0 Å². The summed E-state index contributed by atoms with van der Waals surface area (Å²) in [6.07, 6.45) is 15.6. The maximum Gasteiger partial charge on any atom is 0.0390 e. The van der Waals surface area contributed by atoms with E-state index in [0.717, 1.165) is 40.8 Å². The Kier molecular flexibility index (Phi) is 13.3. The maximum absolute atomic E-state index is 4.16. The summed E-state index contributed by atoms with van der Waals surface area (Å²) < 4.78 is 0. The van der Waals surface area contributed by atoms with Crippen molar-refractivity contribution in [2.24, 2.45) is 11.8 Å². The van der Waals surface area contributed by atoms with Gasteiger partial charge in [0.15, 0.2) is 0 Å². The average molecular weight is 498 g/mol. The molecule has 0 saturated heterocycles. The zero-order valence-electron chi connectivity index (χ0n) is 24.5. The molecule has 0 bridgehead atoms. The fraction of sp³-hybridized carbons (Fsp3) is 0.444. The van der Waals surface area contributed by atoms with Gasteiger partial charge >= 0.3 is 0 Å². The molecule has 2 atom stereocenters. The van der Waals surface area contributed by atoms with Crippen LogP contribution in [0.4, 0.5) is 5.69 Å². The molecule has 0 radical (unpaired) electrons. The molecule has 1 fully saturated rings. The summed E-state index contributed by atoms with van der Waals surface area (Å²) in [5.41, 5.74) is 9.36. The van der Waals surface area contributed by atoms with Crippen molar-refractivity contribution in [2.45, 2.75) is 92.9 Å². The normalized spacial score (nSPS) is 18.3. The van der Waals surface area contributed by atoms with Crippen molar-refractivity contribution in [1.82, 2.24) is 0 Å². The lowest BCUT2D eigenvalue weighted by Crippen LogP contribution is -2.16. The molecule has 1 N–H and O–H groups in total. The zero-order chi connectivity index (χ0) is 27.2. The van der Waals surface area contributed by atoms with Gasteiger partial charge < -0.3 is 5.32 Å². The highest BCUT2D eigenvalue weighted by Gasteiger charge is 2.20. The average Bonchev–Trinajstić information content (AvgIpc) is 3.41. The minimum absolute atomic E-state index is 0.910. The van der Waals surface area contributed by atoms with Gasteiger partial charge in [0.2, 0.25) is 0 Å². The second kappa shape index (κ2) is 16.1. The zero-order valence-corrected chi connectivity index (χ0v) is 24.5. The first-order valence-electron chi connectivity index (χ1n) is 14.6. The monoisotopic (exact) mass is 497 g/mol. The molecule has 4 rings (SSSR count). The van der Waals surface area contributed by atoms with Crippen LogP contribution >= 0.6 is 0 Å². The molecule has 1 nitrogen and oxygen atoms in total. The second-order valence-electron chi connectivity index (χ2n) is 10.6. The molecule has 1 saturated carbocycles. The molecule has 2 aromatic rings. The van der Waals surface area contributed by atoms with E-state index in [1.54, 1.807) is 0 Å². The first-order valence-corrected chi connectivity index (χ1v) is 14.6. The van der Waals surface area contributed by atoms with Crippen molar-refractivity contribution < 1.29 is 0 Å². The molecule has 2 aromatic carbocycles. The number of hydrogen-bond acceptors (Lipinski definition) is 1. The lowest BCUT2D eigenvalue weighted by Gasteiger charge is -2.28. The van der Waals surface area contributed by atoms with Gasteiger partial charge in [-0.15, -0.1) is 0 Å². The van der Waals surface area contributed by atoms with Crippen molar-refractivity contribution >= 4 is 17.0 Å². The Labute approximate surface area is 228 Å². The molecular formula is C36H51N. The number of rotatable bonds is 8. The van der Waals surface area contributed by atoms with Crippen LogP contribution in [0.1, 0.15) is 103 Å². The molecule has 0 spiro atoms. The van der Waals surface area contributed by atoms with Gasteiger partial charge in [0.05, 0.1) is 0 Å². The van der Waals surface area contributed by atoms with Crippen LogP contribution in [-0.4, -0.2) is 0 Å². The van der Waals surface area contributed by atoms with Crippen molar-refractivity contribution in [3.05, 3.63) is 102 Å². The summed E-state index contributed by atoms with van der Waals surface area (Å²) >= 11 is 0. The highest BCUT2D eigenvalue weighted by Crippen LogP contribution is 2.33. The number of anilines is 1. The van der Waals surface area contributed by atoms with Crippen molar-refractivity contribution in [3.8, 4) is 0 Å². The number of hydrogen-bond donors (Lipinski definition) is 1. The Hall–Kier alpha value is -2.80. The van der Waals surface area contributed by atoms with Gasteiger partial charge in [0.1, 0.15) is 0 Å². The Morgan fingerprint density at radius 3 is 2.30 bits per heavy atom. The summed E-state index contributed by atoms with van der Waals surface area (Å²) in [4.78, 5) is 0. The van der Waals surface area contributed by atoms with E-state index in [9.17, 15) is 0 Å². The third kappa shape index (κ3) is 9.88. The van der Waals surface area contributed by atoms with Gasteiger partial charge in [0, 0.05) is 11.4 Å². The van der Waals surface area contributed by atoms with Crippen LogP contribution in [0.15, 0.2) is 85.0 Å². The van der Waals surface area contributed by atoms with E-state index >= 15 is 0 Å². The molecule has 2 unspecified atom stereocenters. The Morgan fingerprint density at radius 2 is 1.68 bits per heavy atom. The predicted octanol–water partition coefficient (Wildman–Crippen LogP) is 11.4. The molecule has 1 heteroatoms. The van der Waals surface area contributed by atoms with Crippen LogP contribution in [0, 0.1) is 18.8 Å². The number of aryl methyl sites for hydroxylation is 1. The quantitative estimate of drug-likeness (QED) is 0.382. The molecule has 200 valence electrons.